The number of carbonyl (C=O) groups is 1. The molecule has 0 aliphatic heterocycles. The van der Waals surface area contributed by atoms with Crippen molar-refractivity contribution < 1.29 is 9.53 Å². The van der Waals surface area contributed by atoms with Crippen molar-refractivity contribution in [3.63, 3.8) is 0 Å². The Morgan fingerprint density at radius 1 is 0.900 bits per heavy atom. The van der Waals surface area contributed by atoms with Crippen LogP contribution in [0.4, 0.5) is 11.5 Å². The number of benzene rings is 2. The van der Waals surface area contributed by atoms with E-state index in [0.717, 1.165) is 24.4 Å². The van der Waals surface area contributed by atoms with E-state index in [1.54, 1.807) is 23.2 Å². The molecule has 156 valence electrons. The first-order valence-corrected chi connectivity index (χ1v) is 10.5. The van der Waals surface area contributed by atoms with E-state index in [4.69, 9.17) is 4.74 Å². The highest BCUT2D eigenvalue weighted by molar-refractivity contribution is 6.05. The first-order chi connectivity index (χ1) is 14.7. The molecule has 0 bridgehead atoms. The molecule has 2 aromatic carbocycles. The van der Waals surface area contributed by atoms with E-state index in [-0.39, 0.29) is 5.91 Å². The van der Waals surface area contributed by atoms with Crippen LogP contribution in [0.15, 0.2) is 72.9 Å². The molecule has 0 saturated carbocycles. The largest absolute Gasteiger partial charge is 0.494 e. The first kappa shape index (κ1) is 21.4. The van der Waals surface area contributed by atoms with Gasteiger partial charge in [-0.1, -0.05) is 18.2 Å². The van der Waals surface area contributed by atoms with Gasteiger partial charge in [-0.15, -0.1) is 0 Å². The highest BCUT2D eigenvalue weighted by atomic mass is 16.5. The van der Waals surface area contributed by atoms with Crippen LogP contribution in [0.2, 0.25) is 0 Å². The highest BCUT2D eigenvalue weighted by Crippen LogP contribution is 2.21. The Kier molecular flexibility index (Phi) is 7.44. The molecule has 3 rings (SSSR count). The van der Waals surface area contributed by atoms with Crippen molar-refractivity contribution in [1.29, 1.82) is 0 Å². The van der Waals surface area contributed by atoms with Crippen LogP contribution in [0.5, 0.6) is 5.75 Å². The lowest BCUT2D eigenvalue weighted by Gasteiger charge is -2.24. The molecule has 0 spiro atoms. The molecule has 3 aromatic rings. The molecule has 5 nitrogen and oxygen atoms in total. The predicted molar refractivity (Wildman–Crippen MR) is 122 cm³/mol. The number of anilines is 2. The zero-order valence-corrected chi connectivity index (χ0v) is 17.9. The van der Waals surface area contributed by atoms with Gasteiger partial charge in [0.15, 0.2) is 0 Å². The van der Waals surface area contributed by atoms with Crippen LogP contribution in [-0.2, 0) is 6.54 Å². The fourth-order valence-corrected chi connectivity index (χ4v) is 3.37. The van der Waals surface area contributed by atoms with Gasteiger partial charge in [-0.2, -0.15) is 0 Å². The minimum absolute atomic E-state index is 0.0930. The minimum Gasteiger partial charge on any atom is -0.494 e. The van der Waals surface area contributed by atoms with Crippen LogP contribution < -0.4 is 14.5 Å². The molecule has 30 heavy (non-hydrogen) atoms. The standard InChI is InChI=1S/C25H29N3O2/c1-4-27(5-2)22-14-10-20(11-15-22)19-28(24-9-7-8-18-26-24)25(29)21-12-16-23(17-13-21)30-6-3/h7-18H,4-6,19H2,1-3H3. The van der Waals surface area contributed by atoms with Gasteiger partial charge in [0.25, 0.3) is 5.91 Å². The monoisotopic (exact) mass is 403 g/mol. The lowest BCUT2D eigenvalue weighted by atomic mass is 10.1. The summed E-state index contributed by atoms with van der Waals surface area (Å²) in [5, 5.41) is 0. The second-order valence-corrected chi connectivity index (χ2v) is 6.88. The average Bonchev–Trinajstić information content (AvgIpc) is 2.80. The van der Waals surface area contributed by atoms with E-state index < -0.39 is 0 Å². The van der Waals surface area contributed by atoms with Crippen molar-refractivity contribution in [1.82, 2.24) is 4.98 Å². The van der Waals surface area contributed by atoms with Gasteiger partial charge in [0.2, 0.25) is 0 Å². The van der Waals surface area contributed by atoms with Crippen molar-refractivity contribution in [2.75, 3.05) is 29.5 Å². The molecule has 1 amide bonds. The van der Waals surface area contributed by atoms with Crippen LogP contribution in [0.3, 0.4) is 0 Å². The molecule has 0 unspecified atom stereocenters. The highest BCUT2D eigenvalue weighted by Gasteiger charge is 2.19. The molecule has 0 aliphatic carbocycles. The maximum atomic E-state index is 13.3. The SMILES string of the molecule is CCOc1ccc(C(=O)N(Cc2ccc(N(CC)CC)cc2)c2ccccn2)cc1. The number of ether oxygens (including phenoxy) is 1. The van der Waals surface area contributed by atoms with E-state index >= 15 is 0 Å². The Labute approximate surface area is 178 Å². The Bertz CT molecular complexity index is 921. The third-order valence-corrected chi connectivity index (χ3v) is 4.99. The van der Waals surface area contributed by atoms with E-state index in [9.17, 15) is 4.79 Å². The summed E-state index contributed by atoms with van der Waals surface area (Å²) in [4.78, 5) is 21.7. The number of hydrogen-bond donors (Lipinski definition) is 0. The summed E-state index contributed by atoms with van der Waals surface area (Å²) in [6, 6.07) is 21.2. The third-order valence-electron chi connectivity index (χ3n) is 4.99. The molecular weight excluding hydrogens is 374 g/mol. The fraction of sp³-hybridized carbons (Fsp3) is 0.280. The van der Waals surface area contributed by atoms with E-state index in [0.29, 0.717) is 24.5 Å². The second kappa shape index (κ2) is 10.4. The van der Waals surface area contributed by atoms with Gasteiger partial charge < -0.3 is 9.64 Å². The quantitative estimate of drug-likeness (QED) is 0.494. The number of pyridine rings is 1. The van der Waals surface area contributed by atoms with E-state index in [2.05, 4.69) is 48.0 Å². The number of rotatable bonds is 9. The minimum atomic E-state index is -0.0930. The van der Waals surface area contributed by atoms with Gasteiger partial charge in [0.1, 0.15) is 11.6 Å². The van der Waals surface area contributed by atoms with Crippen molar-refractivity contribution in [2.24, 2.45) is 0 Å². The Morgan fingerprint density at radius 2 is 1.60 bits per heavy atom. The number of aromatic nitrogens is 1. The summed E-state index contributed by atoms with van der Waals surface area (Å²) in [5.41, 5.74) is 2.84. The smallest absolute Gasteiger partial charge is 0.259 e. The van der Waals surface area contributed by atoms with E-state index in [1.165, 1.54) is 5.69 Å². The zero-order valence-electron chi connectivity index (χ0n) is 17.9. The lowest BCUT2D eigenvalue weighted by molar-refractivity contribution is 0.0984. The summed E-state index contributed by atoms with van der Waals surface area (Å²) in [5.74, 6) is 1.29. The number of hydrogen-bond acceptors (Lipinski definition) is 4. The van der Waals surface area contributed by atoms with Gasteiger partial charge in [-0.05, 0) is 74.9 Å². The first-order valence-electron chi connectivity index (χ1n) is 10.5. The number of carbonyl (C=O) groups excluding carboxylic acids is 1. The van der Waals surface area contributed by atoms with Crippen LogP contribution in [0.1, 0.15) is 36.7 Å². The maximum absolute atomic E-state index is 13.3. The molecule has 1 heterocycles. The maximum Gasteiger partial charge on any atom is 0.259 e. The molecular formula is C25H29N3O2. The van der Waals surface area contributed by atoms with Gasteiger partial charge in [0, 0.05) is 30.5 Å². The number of nitrogens with zero attached hydrogens (tertiary/aromatic N) is 3. The van der Waals surface area contributed by atoms with Crippen molar-refractivity contribution in [3.05, 3.63) is 84.1 Å². The van der Waals surface area contributed by atoms with Crippen LogP contribution in [0.25, 0.3) is 0 Å². The van der Waals surface area contributed by atoms with Gasteiger partial charge in [0.05, 0.1) is 13.2 Å². The summed E-state index contributed by atoms with van der Waals surface area (Å²) in [7, 11) is 0. The molecule has 0 saturated heterocycles. The molecule has 0 aliphatic rings. The van der Waals surface area contributed by atoms with Crippen LogP contribution in [0, 0.1) is 0 Å². The van der Waals surface area contributed by atoms with Gasteiger partial charge in [-0.3, -0.25) is 9.69 Å². The molecule has 1 aromatic heterocycles. The third kappa shape index (κ3) is 5.17. The predicted octanol–water partition coefficient (Wildman–Crippen LogP) is 5.17. The summed E-state index contributed by atoms with van der Waals surface area (Å²) in [6.07, 6.45) is 1.71. The Hall–Kier alpha value is -3.34. The Morgan fingerprint density at radius 3 is 2.17 bits per heavy atom. The van der Waals surface area contributed by atoms with Gasteiger partial charge >= 0.3 is 0 Å². The van der Waals surface area contributed by atoms with Crippen molar-refractivity contribution in [3.8, 4) is 5.75 Å². The second-order valence-electron chi connectivity index (χ2n) is 6.88. The van der Waals surface area contributed by atoms with Crippen LogP contribution in [-0.4, -0.2) is 30.6 Å². The average molecular weight is 404 g/mol. The number of amides is 1. The summed E-state index contributed by atoms with van der Waals surface area (Å²) in [6.45, 7) is 9.20. The topological polar surface area (TPSA) is 45.7 Å². The summed E-state index contributed by atoms with van der Waals surface area (Å²) < 4.78 is 5.49. The van der Waals surface area contributed by atoms with Crippen LogP contribution >= 0.6 is 0 Å². The molecule has 0 atom stereocenters. The zero-order chi connectivity index (χ0) is 21.3. The van der Waals surface area contributed by atoms with Crippen molar-refractivity contribution >= 4 is 17.4 Å². The molecule has 0 N–H and O–H groups in total. The van der Waals surface area contributed by atoms with E-state index in [1.807, 2.05) is 37.3 Å². The van der Waals surface area contributed by atoms with Crippen molar-refractivity contribution in [2.45, 2.75) is 27.3 Å². The normalized spacial score (nSPS) is 10.5. The van der Waals surface area contributed by atoms with Gasteiger partial charge in [-0.25, -0.2) is 4.98 Å². The molecule has 0 fully saturated rings. The fourth-order valence-electron chi connectivity index (χ4n) is 3.37. The Balaban J connectivity index is 1.85. The lowest BCUT2D eigenvalue weighted by Crippen LogP contribution is -2.31. The molecule has 5 heteroatoms. The molecule has 0 radical (unpaired) electrons. The summed E-state index contributed by atoms with van der Waals surface area (Å²) >= 11 is 0.